The second-order valence-electron chi connectivity index (χ2n) is 3.22. The van der Waals surface area contributed by atoms with Crippen LogP contribution < -0.4 is 4.90 Å². The molecule has 0 fully saturated rings. The van der Waals surface area contributed by atoms with Crippen LogP contribution in [-0.2, 0) is 0 Å². The van der Waals surface area contributed by atoms with Gasteiger partial charge in [-0.05, 0) is 12.1 Å². The van der Waals surface area contributed by atoms with Crippen molar-refractivity contribution in [3.8, 4) is 6.07 Å². The molecule has 0 saturated heterocycles. The van der Waals surface area contributed by atoms with Gasteiger partial charge in [-0.25, -0.2) is 0 Å². The average Bonchev–Trinajstić information content (AvgIpc) is 2.25. The second kappa shape index (κ2) is 5.47. The molecule has 16 heavy (non-hydrogen) atoms. The first-order chi connectivity index (χ1) is 7.56. The Hall–Kier alpha value is -1.61. The molecule has 0 atom stereocenters. The van der Waals surface area contributed by atoms with Gasteiger partial charge in [0.2, 0.25) is 0 Å². The zero-order chi connectivity index (χ0) is 12.1. The average molecular weight is 284 g/mol. The van der Waals surface area contributed by atoms with Crippen LogP contribution in [0.25, 0.3) is 0 Å². The molecule has 0 aliphatic carbocycles. The Balaban J connectivity index is 3.03. The van der Waals surface area contributed by atoms with Gasteiger partial charge in [-0.2, -0.15) is 5.26 Å². The lowest BCUT2D eigenvalue weighted by molar-refractivity contribution is -0.384. The lowest BCUT2D eigenvalue weighted by Crippen LogP contribution is -2.19. The van der Waals surface area contributed by atoms with E-state index < -0.39 is 4.92 Å². The standard InChI is InChI=1S/C10H10BrN3O2/c1-13(6-2-5-12)9-4-3-8(11)7-10(9)14(15)16/h3-4,7H,2,6H2,1H3. The van der Waals surface area contributed by atoms with E-state index in [1.807, 2.05) is 6.07 Å². The van der Waals surface area contributed by atoms with Crippen molar-refractivity contribution in [2.24, 2.45) is 0 Å². The summed E-state index contributed by atoms with van der Waals surface area (Å²) in [6.45, 7) is 0.471. The molecule has 1 aromatic rings. The monoisotopic (exact) mass is 283 g/mol. The van der Waals surface area contributed by atoms with Crippen LogP contribution in [0.15, 0.2) is 22.7 Å². The zero-order valence-electron chi connectivity index (χ0n) is 8.68. The Labute approximate surface area is 102 Å². The van der Waals surface area contributed by atoms with Crippen molar-refractivity contribution in [2.45, 2.75) is 6.42 Å². The number of nitriles is 1. The largest absolute Gasteiger partial charge is 0.368 e. The number of anilines is 1. The number of halogens is 1. The summed E-state index contributed by atoms with van der Waals surface area (Å²) < 4.78 is 0.664. The molecule has 0 heterocycles. The first-order valence-corrected chi connectivity index (χ1v) is 5.37. The van der Waals surface area contributed by atoms with Crippen LogP contribution in [0.4, 0.5) is 11.4 Å². The van der Waals surface area contributed by atoms with E-state index in [4.69, 9.17) is 5.26 Å². The van der Waals surface area contributed by atoms with E-state index in [1.165, 1.54) is 6.07 Å². The van der Waals surface area contributed by atoms with E-state index in [1.54, 1.807) is 24.1 Å². The molecular weight excluding hydrogens is 274 g/mol. The van der Waals surface area contributed by atoms with Gasteiger partial charge in [0.1, 0.15) is 5.69 Å². The molecular formula is C10H10BrN3O2. The minimum Gasteiger partial charge on any atom is -0.368 e. The number of benzene rings is 1. The van der Waals surface area contributed by atoms with Crippen molar-refractivity contribution in [3.05, 3.63) is 32.8 Å². The summed E-state index contributed by atoms with van der Waals surface area (Å²) in [6, 6.07) is 6.87. The van der Waals surface area contributed by atoms with Crippen molar-refractivity contribution < 1.29 is 4.92 Å². The molecule has 5 nitrogen and oxygen atoms in total. The fraction of sp³-hybridized carbons (Fsp3) is 0.300. The Kier molecular flexibility index (Phi) is 4.26. The Morgan fingerprint density at radius 1 is 1.62 bits per heavy atom. The molecule has 0 aromatic heterocycles. The van der Waals surface area contributed by atoms with E-state index in [-0.39, 0.29) is 5.69 Å². The zero-order valence-corrected chi connectivity index (χ0v) is 10.3. The predicted molar refractivity (Wildman–Crippen MR) is 64.3 cm³/mol. The van der Waals surface area contributed by atoms with Crippen molar-refractivity contribution >= 4 is 27.3 Å². The van der Waals surface area contributed by atoms with Crippen LogP contribution in [0.2, 0.25) is 0 Å². The minimum atomic E-state index is -0.428. The number of hydrogen-bond acceptors (Lipinski definition) is 4. The summed E-state index contributed by atoms with van der Waals surface area (Å²) in [5.41, 5.74) is 0.554. The van der Waals surface area contributed by atoms with E-state index in [0.29, 0.717) is 23.1 Å². The number of rotatable bonds is 4. The molecule has 1 rings (SSSR count). The van der Waals surface area contributed by atoms with E-state index in [9.17, 15) is 10.1 Å². The molecule has 1 aromatic carbocycles. The molecule has 0 unspecified atom stereocenters. The van der Waals surface area contributed by atoms with E-state index >= 15 is 0 Å². The fourth-order valence-corrected chi connectivity index (χ4v) is 1.65. The molecule has 0 radical (unpaired) electrons. The van der Waals surface area contributed by atoms with Gasteiger partial charge >= 0.3 is 0 Å². The minimum absolute atomic E-state index is 0.0369. The normalized spacial score (nSPS) is 9.56. The molecule has 0 aliphatic heterocycles. The smallest absolute Gasteiger partial charge is 0.293 e. The van der Waals surface area contributed by atoms with E-state index in [0.717, 1.165) is 0 Å². The fourth-order valence-electron chi connectivity index (χ4n) is 1.30. The third-order valence-electron chi connectivity index (χ3n) is 2.10. The van der Waals surface area contributed by atoms with Crippen LogP contribution >= 0.6 is 15.9 Å². The third-order valence-corrected chi connectivity index (χ3v) is 2.60. The molecule has 0 spiro atoms. The highest BCUT2D eigenvalue weighted by molar-refractivity contribution is 9.10. The molecule has 0 bridgehead atoms. The maximum absolute atomic E-state index is 10.8. The van der Waals surface area contributed by atoms with E-state index in [2.05, 4.69) is 15.9 Å². The quantitative estimate of drug-likeness (QED) is 0.629. The van der Waals surface area contributed by atoms with Crippen LogP contribution in [0, 0.1) is 21.4 Å². The molecule has 0 saturated carbocycles. The van der Waals surface area contributed by atoms with Crippen molar-refractivity contribution in [3.63, 3.8) is 0 Å². The second-order valence-corrected chi connectivity index (χ2v) is 4.14. The molecule has 0 amide bonds. The van der Waals surface area contributed by atoms with Gasteiger partial charge in [-0.15, -0.1) is 0 Å². The maximum atomic E-state index is 10.8. The number of nitro benzene ring substituents is 1. The SMILES string of the molecule is CN(CCC#N)c1ccc(Br)cc1[N+](=O)[O-]. The first kappa shape index (κ1) is 12.5. The highest BCUT2D eigenvalue weighted by Crippen LogP contribution is 2.30. The van der Waals surface area contributed by atoms with Crippen LogP contribution in [0.1, 0.15) is 6.42 Å². The van der Waals surface area contributed by atoms with Gasteiger partial charge in [0.25, 0.3) is 5.69 Å². The topological polar surface area (TPSA) is 70.2 Å². The van der Waals surface area contributed by atoms with Gasteiger partial charge in [-0.3, -0.25) is 10.1 Å². The number of nitro groups is 1. The Morgan fingerprint density at radius 2 is 2.31 bits per heavy atom. The lowest BCUT2D eigenvalue weighted by Gasteiger charge is -2.17. The molecule has 84 valence electrons. The van der Waals surface area contributed by atoms with Gasteiger partial charge in [0, 0.05) is 24.1 Å². The van der Waals surface area contributed by atoms with Crippen LogP contribution in [0.5, 0.6) is 0 Å². The van der Waals surface area contributed by atoms with Gasteiger partial charge in [0.15, 0.2) is 0 Å². The highest BCUT2D eigenvalue weighted by Gasteiger charge is 2.16. The molecule has 0 N–H and O–H groups in total. The summed E-state index contributed by atoms with van der Waals surface area (Å²) in [5.74, 6) is 0. The number of nitrogens with zero attached hydrogens (tertiary/aromatic N) is 3. The summed E-state index contributed by atoms with van der Waals surface area (Å²) >= 11 is 3.19. The van der Waals surface area contributed by atoms with Crippen molar-refractivity contribution in [1.82, 2.24) is 0 Å². The van der Waals surface area contributed by atoms with Crippen LogP contribution in [0.3, 0.4) is 0 Å². The predicted octanol–water partition coefficient (Wildman–Crippen LogP) is 2.71. The summed E-state index contributed by atoms with van der Waals surface area (Å²) in [6.07, 6.45) is 0.337. The van der Waals surface area contributed by atoms with Crippen molar-refractivity contribution in [2.75, 3.05) is 18.5 Å². The molecule has 6 heteroatoms. The highest BCUT2D eigenvalue weighted by atomic mass is 79.9. The van der Waals surface area contributed by atoms with Gasteiger partial charge < -0.3 is 4.90 Å². The Bertz CT molecular complexity index is 442. The van der Waals surface area contributed by atoms with Crippen molar-refractivity contribution in [1.29, 1.82) is 5.26 Å². The third kappa shape index (κ3) is 2.94. The first-order valence-electron chi connectivity index (χ1n) is 4.58. The van der Waals surface area contributed by atoms with Gasteiger partial charge in [-0.1, -0.05) is 15.9 Å². The maximum Gasteiger partial charge on any atom is 0.293 e. The van der Waals surface area contributed by atoms with Gasteiger partial charge in [0.05, 0.1) is 17.4 Å². The lowest BCUT2D eigenvalue weighted by atomic mass is 10.2. The molecule has 0 aliphatic rings. The number of hydrogen-bond donors (Lipinski definition) is 0. The summed E-state index contributed by atoms with van der Waals surface area (Å²) in [4.78, 5) is 12.1. The Morgan fingerprint density at radius 3 is 2.88 bits per heavy atom. The summed E-state index contributed by atoms with van der Waals surface area (Å²) in [7, 11) is 1.73. The van der Waals surface area contributed by atoms with Crippen LogP contribution in [-0.4, -0.2) is 18.5 Å². The summed E-state index contributed by atoms with van der Waals surface area (Å²) in [5, 5.41) is 19.3.